The van der Waals surface area contributed by atoms with Gasteiger partial charge in [0.2, 0.25) is 0 Å². The number of rotatable bonds is 5. The minimum Gasteiger partial charge on any atom is -0.375 e. The van der Waals surface area contributed by atoms with Crippen molar-refractivity contribution in [2.24, 2.45) is 0 Å². The van der Waals surface area contributed by atoms with Crippen LogP contribution in [-0.4, -0.2) is 21.8 Å². The number of pyridine rings is 1. The van der Waals surface area contributed by atoms with Crippen LogP contribution in [0.25, 0.3) is 0 Å². The molecule has 0 bridgehead atoms. The molecule has 0 aliphatic carbocycles. The Bertz CT molecular complexity index is 1100. The fourth-order valence-electron chi connectivity index (χ4n) is 3.53. The molecule has 3 aromatic rings. The van der Waals surface area contributed by atoms with Crippen LogP contribution in [0.5, 0.6) is 0 Å². The minimum absolute atomic E-state index is 0.193. The molecule has 0 fully saturated rings. The number of Topliss-reactive ketones (excluding diaryl/α,β-unsaturated/α-hetero) is 1. The fraction of sp³-hybridized carbons (Fsp3) is 0.136. The smallest absolute Gasteiger partial charge is 0.264 e. The van der Waals surface area contributed by atoms with E-state index < -0.39 is 11.5 Å². The second-order valence-electron chi connectivity index (χ2n) is 6.85. The number of benzene rings is 2. The van der Waals surface area contributed by atoms with Gasteiger partial charge in [0.25, 0.3) is 5.91 Å². The summed E-state index contributed by atoms with van der Waals surface area (Å²) in [6.45, 7) is 0.193. The molecule has 0 saturated heterocycles. The topological polar surface area (TPSA) is 70.5 Å². The number of aromatic nitrogens is 1. The molecule has 29 heavy (non-hydrogen) atoms. The van der Waals surface area contributed by atoms with Gasteiger partial charge in [0, 0.05) is 23.5 Å². The second-order valence-corrected chi connectivity index (χ2v) is 7.67. The van der Waals surface area contributed by atoms with E-state index in [1.807, 2.05) is 0 Å². The zero-order valence-corrected chi connectivity index (χ0v) is 16.7. The Morgan fingerprint density at radius 1 is 1.03 bits per heavy atom. The number of carbonyl (C=O) groups is 2. The van der Waals surface area contributed by atoms with E-state index in [0.717, 1.165) is 5.56 Å². The first-order chi connectivity index (χ1) is 13.9. The van der Waals surface area contributed by atoms with Gasteiger partial charge in [0.05, 0.1) is 28.7 Å². The van der Waals surface area contributed by atoms with Gasteiger partial charge in [-0.3, -0.25) is 14.6 Å². The average molecular weight is 427 g/mol. The van der Waals surface area contributed by atoms with Crippen LogP contribution >= 0.6 is 23.2 Å². The first-order valence-electron chi connectivity index (χ1n) is 8.91. The highest BCUT2D eigenvalue weighted by atomic mass is 35.5. The van der Waals surface area contributed by atoms with Gasteiger partial charge in [0.15, 0.2) is 11.4 Å². The van der Waals surface area contributed by atoms with E-state index in [1.54, 1.807) is 54.6 Å². The van der Waals surface area contributed by atoms with E-state index in [2.05, 4.69) is 4.98 Å². The van der Waals surface area contributed by atoms with E-state index in [4.69, 9.17) is 23.2 Å². The summed E-state index contributed by atoms with van der Waals surface area (Å²) in [7, 11) is 0. The van der Waals surface area contributed by atoms with Crippen molar-refractivity contribution in [2.45, 2.75) is 18.6 Å². The van der Waals surface area contributed by atoms with Crippen molar-refractivity contribution in [2.75, 3.05) is 4.90 Å². The summed E-state index contributed by atoms with van der Waals surface area (Å²) in [6, 6.07) is 15.2. The van der Waals surface area contributed by atoms with Crippen molar-refractivity contribution < 1.29 is 14.7 Å². The number of ketones is 1. The molecular weight excluding hydrogens is 411 g/mol. The number of carbonyl (C=O) groups excluding carboxylic acids is 2. The van der Waals surface area contributed by atoms with Crippen LogP contribution in [0.3, 0.4) is 0 Å². The van der Waals surface area contributed by atoms with Crippen LogP contribution < -0.4 is 4.90 Å². The number of halogens is 2. The minimum atomic E-state index is -1.94. The van der Waals surface area contributed by atoms with E-state index in [-0.39, 0.29) is 18.7 Å². The predicted octanol–water partition coefficient (Wildman–Crippen LogP) is 4.40. The lowest BCUT2D eigenvalue weighted by Crippen LogP contribution is -2.41. The summed E-state index contributed by atoms with van der Waals surface area (Å²) in [4.78, 5) is 31.3. The molecule has 1 N–H and O–H groups in total. The van der Waals surface area contributed by atoms with Crippen LogP contribution in [0.2, 0.25) is 10.0 Å². The molecule has 1 amide bonds. The van der Waals surface area contributed by atoms with Crippen molar-refractivity contribution >= 4 is 40.6 Å². The highest BCUT2D eigenvalue weighted by molar-refractivity contribution is 6.42. The van der Waals surface area contributed by atoms with E-state index in [1.165, 1.54) is 17.3 Å². The Balaban J connectivity index is 1.68. The number of amides is 1. The van der Waals surface area contributed by atoms with E-state index in [9.17, 15) is 14.7 Å². The molecule has 5 nitrogen and oxygen atoms in total. The second kappa shape index (κ2) is 7.59. The summed E-state index contributed by atoms with van der Waals surface area (Å²) in [5, 5.41) is 12.1. The Morgan fingerprint density at radius 3 is 2.48 bits per heavy atom. The van der Waals surface area contributed by atoms with Crippen molar-refractivity contribution in [1.29, 1.82) is 0 Å². The highest BCUT2D eigenvalue weighted by Crippen LogP contribution is 2.43. The molecule has 1 atom stereocenters. The first-order valence-corrected chi connectivity index (χ1v) is 9.67. The molecule has 0 spiro atoms. The molecular formula is C22H16Cl2N2O3. The predicted molar refractivity (Wildman–Crippen MR) is 111 cm³/mol. The lowest BCUT2D eigenvalue weighted by Gasteiger charge is -2.23. The summed E-state index contributed by atoms with van der Waals surface area (Å²) in [5.74, 6) is -0.887. The summed E-state index contributed by atoms with van der Waals surface area (Å²) in [5.41, 5.74) is 0.183. The number of fused-ring (bicyclic) bond motifs is 1. The largest absolute Gasteiger partial charge is 0.375 e. The molecule has 4 rings (SSSR count). The SMILES string of the molecule is O=C(C[C@]1(O)C(=O)N(Cc2ccc(Cl)c(Cl)c2)c2ccccc21)c1ccncc1. The van der Waals surface area contributed by atoms with Gasteiger partial charge < -0.3 is 10.0 Å². The van der Waals surface area contributed by atoms with Gasteiger partial charge in [0.1, 0.15) is 0 Å². The maximum Gasteiger partial charge on any atom is 0.264 e. The standard InChI is InChI=1S/C22H16Cl2N2O3/c23-17-6-5-14(11-18(17)24)13-26-19-4-2-1-3-16(19)22(29,21(26)28)12-20(27)15-7-9-25-10-8-15/h1-11,29H,12-13H2/t22-/m1/s1. The lowest BCUT2D eigenvalue weighted by molar-refractivity contribution is -0.136. The van der Waals surface area contributed by atoms with Crippen LogP contribution in [-0.2, 0) is 16.9 Å². The first kappa shape index (κ1) is 19.6. The van der Waals surface area contributed by atoms with E-state index >= 15 is 0 Å². The Labute approximate surface area is 177 Å². The number of hydrogen-bond acceptors (Lipinski definition) is 4. The number of anilines is 1. The summed E-state index contributed by atoms with van der Waals surface area (Å²) < 4.78 is 0. The average Bonchev–Trinajstić information content (AvgIpc) is 2.93. The highest BCUT2D eigenvalue weighted by Gasteiger charge is 2.50. The van der Waals surface area contributed by atoms with Gasteiger partial charge in [-0.1, -0.05) is 47.5 Å². The van der Waals surface area contributed by atoms with Gasteiger partial charge in [-0.05, 0) is 35.9 Å². The molecule has 0 unspecified atom stereocenters. The third-order valence-electron chi connectivity index (χ3n) is 4.98. The molecule has 0 radical (unpaired) electrons. The van der Waals surface area contributed by atoms with Crippen molar-refractivity contribution in [3.63, 3.8) is 0 Å². The normalized spacial score (nSPS) is 18.0. The third-order valence-corrected chi connectivity index (χ3v) is 5.72. The Morgan fingerprint density at radius 2 is 1.76 bits per heavy atom. The maximum absolute atomic E-state index is 13.3. The Hall–Kier alpha value is -2.73. The quantitative estimate of drug-likeness (QED) is 0.613. The van der Waals surface area contributed by atoms with Gasteiger partial charge in [-0.15, -0.1) is 0 Å². The zero-order valence-electron chi connectivity index (χ0n) is 15.2. The monoisotopic (exact) mass is 426 g/mol. The lowest BCUT2D eigenvalue weighted by atomic mass is 9.88. The molecule has 146 valence electrons. The third kappa shape index (κ3) is 3.53. The number of hydrogen-bond donors (Lipinski definition) is 1. The van der Waals surface area contributed by atoms with Gasteiger partial charge in [-0.25, -0.2) is 0 Å². The fourth-order valence-corrected chi connectivity index (χ4v) is 3.85. The molecule has 7 heteroatoms. The molecule has 2 aromatic carbocycles. The molecule has 2 heterocycles. The van der Waals surface area contributed by atoms with Crippen molar-refractivity contribution in [3.05, 3.63) is 93.7 Å². The van der Waals surface area contributed by atoms with Crippen molar-refractivity contribution in [3.8, 4) is 0 Å². The Kier molecular flexibility index (Phi) is 5.13. The van der Waals surface area contributed by atoms with Crippen molar-refractivity contribution in [1.82, 2.24) is 4.98 Å². The van der Waals surface area contributed by atoms with Crippen LogP contribution in [0.15, 0.2) is 67.0 Å². The maximum atomic E-state index is 13.3. The number of nitrogens with zero attached hydrogens (tertiary/aromatic N) is 2. The molecule has 1 aromatic heterocycles. The molecule has 0 saturated carbocycles. The molecule has 1 aliphatic heterocycles. The van der Waals surface area contributed by atoms with Crippen LogP contribution in [0.4, 0.5) is 5.69 Å². The number of para-hydroxylation sites is 1. The molecule has 1 aliphatic rings. The van der Waals surface area contributed by atoms with Crippen LogP contribution in [0.1, 0.15) is 27.9 Å². The van der Waals surface area contributed by atoms with E-state index in [0.29, 0.717) is 26.9 Å². The number of aliphatic hydroxyl groups is 1. The zero-order chi connectivity index (χ0) is 20.6. The van der Waals surface area contributed by atoms with Crippen LogP contribution in [0, 0.1) is 0 Å². The summed E-state index contributed by atoms with van der Waals surface area (Å²) in [6.07, 6.45) is 2.64. The summed E-state index contributed by atoms with van der Waals surface area (Å²) >= 11 is 12.1. The van der Waals surface area contributed by atoms with Gasteiger partial charge in [-0.2, -0.15) is 0 Å². The van der Waals surface area contributed by atoms with Gasteiger partial charge >= 0.3 is 0 Å².